The molecule has 62 valence electrons. The first-order valence-corrected chi connectivity index (χ1v) is 3.90. The van der Waals surface area contributed by atoms with Crippen molar-refractivity contribution in [3.63, 3.8) is 0 Å². The van der Waals surface area contributed by atoms with Gasteiger partial charge in [0.25, 0.3) is 0 Å². The van der Waals surface area contributed by atoms with Crippen LogP contribution < -0.4 is 5.32 Å². The molecular formula is C10H7N3. The summed E-state index contributed by atoms with van der Waals surface area (Å²) < 4.78 is 0. The van der Waals surface area contributed by atoms with Crippen LogP contribution in [0, 0.1) is 11.5 Å². The zero-order valence-corrected chi connectivity index (χ0v) is 6.86. The molecule has 0 amide bonds. The molecule has 0 bridgehead atoms. The highest BCUT2D eigenvalue weighted by molar-refractivity contribution is 5.82. The van der Waals surface area contributed by atoms with Gasteiger partial charge >= 0.3 is 0 Å². The van der Waals surface area contributed by atoms with Crippen molar-refractivity contribution >= 4 is 16.6 Å². The minimum absolute atomic E-state index is 0.794. The van der Waals surface area contributed by atoms with Gasteiger partial charge in [-0.15, -0.1) is 0 Å². The van der Waals surface area contributed by atoms with Gasteiger partial charge in [-0.2, -0.15) is 5.26 Å². The molecular weight excluding hydrogens is 162 g/mol. The highest BCUT2D eigenvalue weighted by atomic mass is 14.9. The summed E-state index contributed by atoms with van der Waals surface area (Å²) in [4.78, 5) is 4.17. The lowest BCUT2D eigenvalue weighted by atomic mass is 10.2. The Labute approximate surface area is 75.6 Å². The summed E-state index contributed by atoms with van der Waals surface area (Å²) in [5.41, 5.74) is 1.73. The van der Waals surface area contributed by atoms with E-state index in [-0.39, 0.29) is 0 Å². The molecule has 2 rings (SSSR count). The highest BCUT2D eigenvalue weighted by Crippen LogP contribution is 2.16. The molecule has 1 aromatic heterocycles. The second kappa shape index (κ2) is 3.11. The highest BCUT2D eigenvalue weighted by Gasteiger charge is 1.94. The van der Waals surface area contributed by atoms with Gasteiger partial charge in [-0.05, 0) is 24.3 Å². The second-order valence-corrected chi connectivity index (χ2v) is 2.65. The van der Waals surface area contributed by atoms with E-state index in [2.05, 4.69) is 10.3 Å². The molecule has 0 aliphatic carbocycles. The lowest BCUT2D eigenvalue weighted by molar-refractivity contribution is 1.41. The Kier molecular flexibility index (Phi) is 1.81. The van der Waals surface area contributed by atoms with Gasteiger partial charge in [-0.1, -0.05) is 6.07 Å². The predicted molar refractivity (Wildman–Crippen MR) is 51.0 cm³/mol. The van der Waals surface area contributed by atoms with Gasteiger partial charge in [-0.3, -0.25) is 10.3 Å². The Hall–Kier alpha value is -2.08. The largest absolute Gasteiger partial charge is 0.293 e. The third-order valence-corrected chi connectivity index (χ3v) is 1.80. The van der Waals surface area contributed by atoms with E-state index < -0.39 is 0 Å². The van der Waals surface area contributed by atoms with Crippen LogP contribution in [0.3, 0.4) is 0 Å². The summed E-state index contributed by atoms with van der Waals surface area (Å²) in [5.74, 6) is 0. The van der Waals surface area contributed by atoms with Crippen LogP contribution >= 0.6 is 0 Å². The number of nitrogens with one attached hydrogen (secondary N) is 1. The quantitative estimate of drug-likeness (QED) is 0.525. The number of fused-ring (bicyclic) bond motifs is 1. The van der Waals surface area contributed by atoms with Crippen LogP contribution in [0.5, 0.6) is 0 Å². The summed E-state index contributed by atoms with van der Waals surface area (Å²) in [6.07, 6.45) is 3.63. The maximum atomic E-state index is 8.42. The van der Waals surface area contributed by atoms with Crippen molar-refractivity contribution in [3.05, 3.63) is 36.5 Å². The van der Waals surface area contributed by atoms with E-state index in [4.69, 9.17) is 5.26 Å². The molecule has 0 radical (unpaired) electrons. The van der Waals surface area contributed by atoms with Crippen molar-refractivity contribution in [2.45, 2.75) is 0 Å². The molecule has 1 heterocycles. The molecule has 0 atom stereocenters. The Morgan fingerprint density at radius 1 is 1.31 bits per heavy atom. The lowest BCUT2D eigenvalue weighted by Gasteiger charge is -1.99. The van der Waals surface area contributed by atoms with Crippen LogP contribution in [0.1, 0.15) is 0 Å². The van der Waals surface area contributed by atoms with Crippen LogP contribution in [0.2, 0.25) is 0 Å². The number of anilines is 1. The summed E-state index contributed by atoms with van der Waals surface area (Å²) in [5, 5.41) is 12.0. The van der Waals surface area contributed by atoms with Gasteiger partial charge in [-0.25, -0.2) is 0 Å². The topological polar surface area (TPSA) is 48.7 Å². The van der Waals surface area contributed by atoms with Crippen molar-refractivity contribution in [3.8, 4) is 6.19 Å². The molecule has 0 saturated carbocycles. The van der Waals surface area contributed by atoms with E-state index in [9.17, 15) is 0 Å². The summed E-state index contributed by atoms with van der Waals surface area (Å²) in [6.45, 7) is 0. The minimum Gasteiger partial charge on any atom is -0.293 e. The molecule has 3 heteroatoms. The minimum atomic E-state index is 0.794. The van der Waals surface area contributed by atoms with Gasteiger partial charge in [0, 0.05) is 17.3 Å². The van der Waals surface area contributed by atoms with E-state index in [1.54, 1.807) is 6.20 Å². The fourth-order valence-electron chi connectivity index (χ4n) is 1.22. The molecule has 2 aromatic rings. The SMILES string of the molecule is N#CNc1ccc2ncccc2c1. The van der Waals surface area contributed by atoms with Gasteiger partial charge in [0.15, 0.2) is 6.19 Å². The van der Waals surface area contributed by atoms with Gasteiger partial charge in [0.05, 0.1) is 5.52 Å². The summed E-state index contributed by atoms with van der Waals surface area (Å²) >= 11 is 0. The van der Waals surface area contributed by atoms with Crippen molar-refractivity contribution in [2.24, 2.45) is 0 Å². The average molecular weight is 169 g/mol. The van der Waals surface area contributed by atoms with Crippen molar-refractivity contribution in [1.29, 1.82) is 5.26 Å². The number of hydrogen-bond donors (Lipinski definition) is 1. The molecule has 1 aromatic carbocycles. The number of pyridine rings is 1. The Balaban J connectivity index is 2.57. The molecule has 13 heavy (non-hydrogen) atoms. The standard InChI is InChI=1S/C10H7N3/c11-7-13-9-3-4-10-8(6-9)2-1-5-12-10/h1-6,13H. The van der Waals surface area contributed by atoms with Crippen molar-refractivity contribution in [2.75, 3.05) is 5.32 Å². The number of benzene rings is 1. The Morgan fingerprint density at radius 2 is 2.23 bits per heavy atom. The predicted octanol–water partition coefficient (Wildman–Crippen LogP) is 2.13. The third kappa shape index (κ3) is 1.42. The van der Waals surface area contributed by atoms with Crippen molar-refractivity contribution in [1.82, 2.24) is 4.98 Å². The van der Waals surface area contributed by atoms with Crippen LogP contribution in [0.25, 0.3) is 10.9 Å². The molecule has 1 N–H and O–H groups in total. The van der Waals surface area contributed by atoms with Crippen LogP contribution in [-0.4, -0.2) is 4.98 Å². The molecule has 3 nitrogen and oxygen atoms in total. The number of nitriles is 1. The Bertz CT molecular complexity index is 471. The molecule has 0 aliphatic heterocycles. The third-order valence-electron chi connectivity index (χ3n) is 1.80. The molecule has 0 aliphatic rings. The van der Waals surface area contributed by atoms with E-state index in [1.807, 2.05) is 36.5 Å². The number of nitrogens with zero attached hydrogens (tertiary/aromatic N) is 2. The van der Waals surface area contributed by atoms with Crippen LogP contribution in [0.4, 0.5) is 5.69 Å². The number of hydrogen-bond acceptors (Lipinski definition) is 3. The second-order valence-electron chi connectivity index (χ2n) is 2.65. The van der Waals surface area contributed by atoms with Crippen LogP contribution in [0.15, 0.2) is 36.5 Å². The Morgan fingerprint density at radius 3 is 3.08 bits per heavy atom. The van der Waals surface area contributed by atoms with Gasteiger partial charge in [0.1, 0.15) is 0 Å². The summed E-state index contributed by atoms with van der Waals surface area (Å²) in [6, 6.07) is 9.45. The maximum absolute atomic E-state index is 8.42. The summed E-state index contributed by atoms with van der Waals surface area (Å²) in [7, 11) is 0. The monoisotopic (exact) mass is 169 g/mol. The van der Waals surface area contributed by atoms with E-state index in [0.717, 1.165) is 16.6 Å². The zero-order chi connectivity index (χ0) is 9.10. The zero-order valence-electron chi connectivity index (χ0n) is 6.86. The van der Waals surface area contributed by atoms with E-state index >= 15 is 0 Å². The fraction of sp³-hybridized carbons (Fsp3) is 0. The molecule has 0 fully saturated rings. The van der Waals surface area contributed by atoms with Gasteiger partial charge < -0.3 is 0 Å². The van der Waals surface area contributed by atoms with Gasteiger partial charge in [0.2, 0.25) is 0 Å². The molecule has 0 saturated heterocycles. The van der Waals surface area contributed by atoms with Crippen LogP contribution in [-0.2, 0) is 0 Å². The number of aromatic nitrogens is 1. The first-order valence-electron chi connectivity index (χ1n) is 3.90. The van der Waals surface area contributed by atoms with Crippen molar-refractivity contribution < 1.29 is 0 Å². The van der Waals surface area contributed by atoms with E-state index in [0.29, 0.717) is 0 Å². The molecule has 0 spiro atoms. The number of rotatable bonds is 1. The lowest BCUT2D eigenvalue weighted by Crippen LogP contribution is -1.86. The smallest absolute Gasteiger partial charge is 0.181 e. The van der Waals surface area contributed by atoms with E-state index in [1.165, 1.54) is 0 Å². The average Bonchev–Trinajstić information content (AvgIpc) is 2.18. The first kappa shape index (κ1) is 7.56. The normalized spacial score (nSPS) is 9.46. The fourth-order valence-corrected chi connectivity index (χ4v) is 1.22. The molecule has 0 unspecified atom stereocenters. The first-order chi connectivity index (χ1) is 6.40. The maximum Gasteiger partial charge on any atom is 0.181 e.